The molecule has 140 valence electrons. The number of benzene rings is 1. The lowest BCUT2D eigenvalue weighted by atomic mass is 9.91. The van der Waals surface area contributed by atoms with Gasteiger partial charge >= 0.3 is 0 Å². The first-order valence-electron chi connectivity index (χ1n) is 8.91. The molecule has 1 aliphatic heterocycles. The molecule has 0 saturated carbocycles. The van der Waals surface area contributed by atoms with Crippen molar-refractivity contribution in [3.63, 3.8) is 0 Å². The van der Waals surface area contributed by atoms with E-state index in [-0.39, 0.29) is 42.1 Å². The van der Waals surface area contributed by atoms with Crippen LogP contribution in [0, 0.1) is 11.8 Å². The number of nitrogens with one attached hydrogen (secondary N) is 1. The Hall–Kier alpha value is -1.59. The topological polar surface area (TPSA) is 75.4 Å². The molecule has 2 rings (SSSR count). The van der Waals surface area contributed by atoms with Crippen LogP contribution in [0.4, 0.5) is 0 Å². The lowest BCUT2D eigenvalue weighted by Gasteiger charge is -2.34. The van der Waals surface area contributed by atoms with Crippen LogP contribution in [-0.2, 0) is 9.59 Å². The van der Waals surface area contributed by atoms with E-state index >= 15 is 0 Å². The molecule has 2 amide bonds. The highest BCUT2D eigenvalue weighted by Crippen LogP contribution is 2.24. The summed E-state index contributed by atoms with van der Waals surface area (Å²) in [6.45, 7) is 5.92. The minimum absolute atomic E-state index is 0. The van der Waals surface area contributed by atoms with Gasteiger partial charge in [0.2, 0.25) is 11.8 Å². The fraction of sp³-hybridized carbons (Fsp3) is 0.579. The summed E-state index contributed by atoms with van der Waals surface area (Å²) in [5.41, 5.74) is 7.24. The molecular weight excluding hydrogens is 338 g/mol. The number of hydrogen-bond donors (Lipinski definition) is 2. The van der Waals surface area contributed by atoms with Gasteiger partial charge < -0.3 is 16.0 Å². The third-order valence-electron chi connectivity index (χ3n) is 4.84. The molecule has 2 atom stereocenters. The number of amides is 2. The van der Waals surface area contributed by atoms with Crippen LogP contribution in [0.2, 0.25) is 0 Å². The zero-order valence-electron chi connectivity index (χ0n) is 15.1. The maximum Gasteiger partial charge on any atom is 0.227 e. The molecule has 3 N–H and O–H groups in total. The van der Waals surface area contributed by atoms with Crippen LogP contribution in [0.1, 0.15) is 44.7 Å². The van der Waals surface area contributed by atoms with Crippen molar-refractivity contribution in [3.8, 4) is 0 Å². The Labute approximate surface area is 156 Å². The zero-order valence-corrected chi connectivity index (χ0v) is 15.9. The van der Waals surface area contributed by atoms with Crippen molar-refractivity contribution in [2.45, 2.75) is 39.2 Å². The second-order valence-electron chi connectivity index (χ2n) is 6.62. The van der Waals surface area contributed by atoms with Crippen molar-refractivity contribution in [2.24, 2.45) is 17.6 Å². The van der Waals surface area contributed by atoms with E-state index in [9.17, 15) is 9.59 Å². The molecule has 0 spiro atoms. The average molecular weight is 368 g/mol. The molecule has 5 nitrogen and oxygen atoms in total. The molecule has 1 aromatic carbocycles. The van der Waals surface area contributed by atoms with Gasteiger partial charge in [0, 0.05) is 31.6 Å². The number of carbonyl (C=O) groups is 2. The summed E-state index contributed by atoms with van der Waals surface area (Å²) in [5.74, 6) is -0.0340. The molecule has 1 heterocycles. The van der Waals surface area contributed by atoms with E-state index in [0.29, 0.717) is 13.1 Å². The zero-order chi connectivity index (χ0) is 17.5. The highest BCUT2D eigenvalue weighted by molar-refractivity contribution is 5.85. The lowest BCUT2D eigenvalue weighted by molar-refractivity contribution is -0.139. The molecule has 0 aromatic heterocycles. The van der Waals surface area contributed by atoms with Crippen molar-refractivity contribution < 1.29 is 9.59 Å². The molecule has 1 aromatic rings. The van der Waals surface area contributed by atoms with Crippen molar-refractivity contribution in [3.05, 3.63) is 35.9 Å². The third-order valence-corrected chi connectivity index (χ3v) is 4.84. The van der Waals surface area contributed by atoms with E-state index in [2.05, 4.69) is 5.32 Å². The molecule has 1 saturated heterocycles. The highest BCUT2D eigenvalue weighted by atomic mass is 35.5. The second-order valence-corrected chi connectivity index (χ2v) is 6.62. The average Bonchev–Trinajstić information content (AvgIpc) is 2.65. The summed E-state index contributed by atoms with van der Waals surface area (Å²) in [7, 11) is 0. The van der Waals surface area contributed by atoms with Gasteiger partial charge in [-0.05, 0) is 24.8 Å². The van der Waals surface area contributed by atoms with Crippen molar-refractivity contribution in [2.75, 3.05) is 19.6 Å². The Balaban J connectivity index is 0.00000312. The quantitative estimate of drug-likeness (QED) is 0.811. The molecule has 25 heavy (non-hydrogen) atoms. The van der Waals surface area contributed by atoms with Gasteiger partial charge in [-0.25, -0.2) is 0 Å². The number of hydrogen-bond acceptors (Lipinski definition) is 3. The van der Waals surface area contributed by atoms with E-state index in [1.54, 1.807) is 0 Å². The standard InChI is InChI=1S/C19H29N3O2.ClH/c1-3-11-21-18(23)16-9-12-22(13-10-16)19(24)14(2)17(20)15-7-5-4-6-8-15;/h4-8,14,16-17H,3,9-13,20H2,1-2H3,(H,21,23);1H. The van der Waals surface area contributed by atoms with Crippen molar-refractivity contribution in [1.82, 2.24) is 10.2 Å². The van der Waals surface area contributed by atoms with Crippen molar-refractivity contribution in [1.29, 1.82) is 0 Å². The Kier molecular flexibility index (Phi) is 8.93. The Morgan fingerprint density at radius 2 is 1.84 bits per heavy atom. The fourth-order valence-electron chi connectivity index (χ4n) is 3.16. The molecular formula is C19H30ClN3O2. The van der Waals surface area contributed by atoms with Gasteiger partial charge in [-0.3, -0.25) is 9.59 Å². The summed E-state index contributed by atoms with van der Waals surface area (Å²) in [6, 6.07) is 9.43. The monoisotopic (exact) mass is 367 g/mol. The van der Waals surface area contributed by atoms with Crippen LogP contribution in [0.5, 0.6) is 0 Å². The van der Waals surface area contributed by atoms with Crippen LogP contribution in [-0.4, -0.2) is 36.3 Å². The van der Waals surface area contributed by atoms with E-state index in [4.69, 9.17) is 5.73 Å². The minimum Gasteiger partial charge on any atom is -0.356 e. The van der Waals surface area contributed by atoms with Crippen LogP contribution in [0.25, 0.3) is 0 Å². The lowest BCUT2D eigenvalue weighted by Crippen LogP contribution is -2.46. The fourth-order valence-corrected chi connectivity index (χ4v) is 3.16. The largest absolute Gasteiger partial charge is 0.356 e. The first-order valence-corrected chi connectivity index (χ1v) is 8.91. The smallest absolute Gasteiger partial charge is 0.227 e. The van der Waals surface area contributed by atoms with E-state index in [1.807, 2.05) is 49.1 Å². The minimum atomic E-state index is -0.302. The van der Waals surface area contributed by atoms with Crippen molar-refractivity contribution >= 4 is 24.2 Å². The molecule has 1 fully saturated rings. The maximum absolute atomic E-state index is 12.7. The molecule has 1 aliphatic rings. The molecule has 6 heteroatoms. The Morgan fingerprint density at radius 1 is 1.24 bits per heavy atom. The van der Waals surface area contributed by atoms with Gasteiger partial charge in [-0.15, -0.1) is 12.4 Å². The van der Waals surface area contributed by atoms with Crippen LogP contribution >= 0.6 is 12.4 Å². The Bertz CT molecular complexity index is 545. The molecule has 2 unspecified atom stereocenters. The van der Waals surface area contributed by atoms with Crippen LogP contribution in [0.15, 0.2) is 30.3 Å². The van der Waals surface area contributed by atoms with Gasteiger partial charge in [0.25, 0.3) is 0 Å². The number of rotatable bonds is 6. The molecule has 0 aliphatic carbocycles. The van der Waals surface area contributed by atoms with Gasteiger partial charge in [-0.2, -0.15) is 0 Å². The predicted octanol–water partition coefficient (Wildman–Crippen LogP) is 2.51. The third kappa shape index (κ3) is 5.72. The van der Waals surface area contributed by atoms with Gasteiger partial charge in [0.1, 0.15) is 0 Å². The number of nitrogens with two attached hydrogens (primary N) is 1. The first-order chi connectivity index (χ1) is 11.5. The maximum atomic E-state index is 12.7. The normalized spacial score (nSPS) is 17.3. The number of piperidine rings is 1. The number of nitrogens with zero attached hydrogens (tertiary/aromatic N) is 1. The number of halogens is 1. The SMILES string of the molecule is CCCNC(=O)C1CCN(C(=O)C(C)C(N)c2ccccc2)CC1.Cl. The van der Waals surface area contributed by atoms with E-state index < -0.39 is 0 Å². The summed E-state index contributed by atoms with van der Waals surface area (Å²) in [5, 5.41) is 2.95. The highest BCUT2D eigenvalue weighted by Gasteiger charge is 2.31. The molecule has 0 bridgehead atoms. The number of likely N-dealkylation sites (tertiary alicyclic amines) is 1. The first kappa shape index (κ1) is 21.5. The van der Waals surface area contributed by atoms with E-state index in [1.165, 1.54) is 0 Å². The predicted molar refractivity (Wildman–Crippen MR) is 102 cm³/mol. The summed E-state index contributed by atoms with van der Waals surface area (Å²) in [4.78, 5) is 26.6. The summed E-state index contributed by atoms with van der Waals surface area (Å²) < 4.78 is 0. The van der Waals surface area contributed by atoms with Crippen LogP contribution in [0.3, 0.4) is 0 Å². The Morgan fingerprint density at radius 3 is 2.40 bits per heavy atom. The van der Waals surface area contributed by atoms with Gasteiger partial charge in [-0.1, -0.05) is 44.2 Å². The van der Waals surface area contributed by atoms with Gasteiger partial charge in [0.05, 0.1) is 5.92 Å². The van der Waals surface area contributed by atoms with Gasteiger partial charge in [0.15, 0.2) is 0 Å². The summed E-state index contributed by atoms with van der Waals surface area (Å²) in [6.07, 6.45) is 2.40. The van der Waals surface area contributed by atoms with E-state index in [0.717, 1.165) is 31.4 Å². The summed E-state index contributed by atoms with van der Waals surface area (Å²) >= 11 is 0. The number of carbonyl (C=O) groups excluding carboxylic acids is 2. The second kappa shape index (κ2) is 10.4. The van der Waals surface area contributed by atoms with Crippen LogP contribution < -0.4 is 11.1 Å². The molecule has 0 radical (unpaired) electrons.